The Hall–Kier alpha value is -1.33. The highest BCUT2D eigenvalue weighted by Crippen LogP contribution is 2.18. The quantitative estimate of drug-likeness (QED) is 0.863. The first kappa shape index (κ1) is 14.1. The van der Waals surface area contributed by atoms with Crippen LogP contribution < -0.4 is 4.72 Å². The van der Waals surface area contributed by atoms with Crippen molar-refractivity contribution >= 4 is 31.6 Å². The Balaban J connectivity index is 2.28. The third-order valence-corrected chi connectivity index (χ3v) is 4.71. The van der Waals surface area contributed by atoms with E-state index in [-0.39, 0.29) is 4.90 Å². The largest absolute Gasteiger partial charge is 0.280 e. The Labute approximate surface area is 121 Å². The van der Waals surface area contributed by atoms with Crippen LogP contribution in [0.15, 0.2) is 53.4 Å². The number of benzene rings is 2. The number of sulfonamides is 1. The van der Waals surface area contributed by atoms with Crippen molar-refractivity contribution in [3.63, 3.8) is 0 Å². The van der Waals surface area contributed by atoms with Gasteiger partial charge in [-0.15, -0.1) is 0 Å². The molecule has 19 heavy (non-hydrogen) atoms. The first-order chi connectivity index (χ1) is 9.01. The predicted molar refractivity (Wildman–Crippen MR) is 81.1 cm³/mol. The highest BCUT2D eigenvalue weighted by Gasteiger charge is 2.13. The highest BCUT2D eigenvalue weighted by molar-refractivity contribution is 9.08. The molecule has 0 saturated heterocycles. The molecule has 2 aromatic carbocycles. The second-order valence-corrected chi connectivity index (χ2v) is 6.50. The topological polar surface area (TPSA) is 46.2 Å². The molecule has 0 radical (unpaired) electrons. The van der Waals surface area contributed by atoms with Crippen LogP contribution in [-0.4, -0.2) is 8.42 Å². The van der Waals surface area contributed by atoms with Gasteiger partial charge in [0.05, 0.1) is 4.90 Å². The third kappa shape index (κ3) is 3.58. The fraction of sp³-hybridized carbons (Fsp3) is 0.143. The molecule has 0 atom stereocenters. The average molecular weight is 340 g/mol. The lowest BCUT2D eigenvalue weighted by Crippen LogP contribution is -2.12. The number of nitrogens with one attached hydrogen (secondary N) is 1. The van der Waals surface area contributed by atoms with Gasteiger partial charge < -0.3 is 0 Å². The Morgan fingerprint density at radius 2 is 1.79 bits per heavy atom. The van der Waals surface area contributed by atoms with E-state index in [0.717, 1.165) is 11.1 Å². The van der Waals surface area contributed by atoms with E-state index in [0.29, 0.717) is 11.0 Å². The zero-order chi connectivity index (χ0) is 13.9. The summed E-state index contributed by atoms with van der Waals surface area (Å²) in [4.78, 5) is 0.266. The van der Waals surface area contributed by atoms with Crippen molar-refractivity contribution in [2.75, 3.05) is 4.72 Å². The number of anilines is 1. The minimum absolute atomic E-state index is 0.266. The van der Waals surface area contributed by atoms with E-state index in [1.807, 2.05) is 19.1 Å². The molecule has 2 aromatic rings. The van der Waals surface area contributed by atoms with Crippen LogP contribution in [0.5, 0.6) is 0 Å². The maximum atomic E-state index is 12.2. The molecule has 0 aliphatic carbocycles. The Bertz CT molecular complexity index is 666. The molecule has 0 aromatic heterocycles. The Kier molecular flexibility index (Phi) is 4.27. The SMILES string of the molecule is Cc1ccc(S(=O)(=O)Nc2cccc(CBr)c2)cc1. The summed E-state index contributed by atoms with van der Waals surface area (Å²) in [6.07, 6.45) is 0. The van der Waals surface area contributed by atoms with Crippen LogP contribution >= 0.6 is 15.9 Å². The maximum absolute atomic E-state index is 12.2. The van der Waals surface area contributed by atoms with Crippen LogP contribution in [-0.2, 0) is 15.4 Å². The van der Waals surface area contributed by atoms with Crippen LogP contribution in [0.2, 0.25) is 0 Å². The minimum atomic E-state index is -3.52. The second kappa shape index (κ2) is 5.75. The Morgan fingerprint density at radius 1 is 1.11 bits per heavy atom. The van der Waals surface area contributed by atoms with Gasteiger partial charge in [-0.3, -0.25) is 4.72 Å². The smallest absolute Gasteiger partial charge is 0.261 e. The van der Waals surface area contributed by atoms with Crippen molar-refractivity contribution in [1.29, 1.82) is 0 Å². The van der Waals surface area contributed by atoms with E-state index in [4.69, 9.17) is 0 Å². The molecule has 3 nitrogen and oxygen atoms in total. The standard InChI is InChI=1S/C14H14BrNO2S/c1-11-5-7-14(8-6-11)19(17,18)16-13-4-2-3-12(9-13)10-15/h2-9,16H,10H2,1H3. The summed E-state index contributed by atoms with van der Waals surface area (Å²) in [7, 11) is -3.52. The number of hydrogen-bond acceptors (Lipinski definition) is 2. The molecular weight excluding hydrogens is 326 g/mol. The molecule has 100 valence electrons. The van der Waals surface area contributed by atoms with Gasteiger partial charge in [0.1, 0.15) is 0 Å². The summed E-state index contributed by atoms with van der Waals surface area (Å²) in [5, 5.41) is 0.688. The van der Waals surface area contributed by atoms with E-state index in [1.54, 1.807) is 36.4 Å². The first-order valence-electron chi connectivity index (χ1n) is 5.76. The van der Waals surface area contributed by atoms with Gasteiger partial charge in [-0.1, -0.05) is 45.8 Å². The fourth-order valence-electron chi connectivity index (χ4n) is 1.65. The van der Waals surface area contributed by atoms with Gasteiger partial charge >= 0.3 is 0 Å². The van der Waals surface area contributed by atoms with Crippen molar-refractivity contribution in [3.8, 4) is 0 Å². The summed E-state index contributed by atoms with van der Waals surface area (Å²) < 4.78 is 27.0. The van der Waals surface area contributed by atoms with Gasteiger partial charge in [0, 0.05) is 11.0 Å². The van der Waals surface area contributed by atoms with Crippen LogP contribution in [0, 0.1) is 6.92 Å². The molecule has 0 amide bonds. The minimum Gasteiger partial charge on any atom is -0.280 e. The normalized spacial score (nSPS) is 11.3. The summed E-state index contributed by atoms with van der Waals surface area (Å²) in [5.74, 6) is 0. The summed E-state index contributed by atoms with van der Waals surface area (Å²) in [6.45, 7) is 1.92. The van der Waals surface area contributed by atoms with Crippen molar-refractivity contribution in [2.24, 2.45) is 0 Å². The maximum Gasteiger partial charge on any atom is 0.261 e. The number of hydrogen-bond donors (Lipinski definition) is 1. The average Bonchev–Trinajstić information content (AvgIpc) is 2.39. The highest BCUT2D eigenvalue weighted by atomic mass is 79.9. The lowest BCUT2D eigenvalue weighted by Gasteiger charge is -2.09. The lowest BCUT2D eigenvalue weighted by atomic mass is 10.2. The third-order valence-electron chi connectivity index (χ3n) is 2.66. The summed E-state index contributed by atoms with van der Waals surface area (Å²) in [6, 6.07) is 14.1. The molecule has 2 rings (SSSR count). The number of alkyl halides is 1. The van der Waals surface area contributed by atoms with Crippen molar-refractivity contribution in [1.82, 2.24) is 0 Å². The Morgan fingerprint density at radius 3 is 2.42 bits per heavy atom. The van der Waals surface area contributed by atoms with E-state index in [2.05, 4.69) is 20.7 Å². The molecule has 0 spiro atoms. The predicted octanol–water partition coefficient (Wildman–Crippen LogP) is 3.69. The molecule has 0 aliphatic rings. The van der Waals surface area contributed by atoms with Gasteiger partial charge in [0.2, 0.25) is 0 Å². The van der Waals surface area contributed by atoms with Crippen molar-refractivity contribution in [3.05, 3.63) is 59.7 Å². The molecule has 0 fully saturated rings. The monoisotopic (exact) mass is 339 g/mol. The number of rotatable bonds is 4. The lowest BCUT2D eigenvalue weighted by molar-refractivity contribution is 0.601. The fourth-order valence-corrected chi connectivity index (χ4v) is 3.05. The van der Waals surface area contributed by atoms with Crippen LogP contribution in [0.1, 0.15) is 11.1 Å². The molecule has 0 saturated carbocycles. The molecular formula is C14H14BrNO2S. The van der Waals surface area contributed by atoms with Gasteiger partial charge in [-0.05, 0) is 36.8 Å². The number of aryl methyl sites for hydroxylation is 1. The van der Waals surface area contributed by atoms with E-state index in [9.17, 15) is 8.42 Å². The van der Waals surface area contributed by atoms with E-state index in [1.165, 1.54) is 0 Å². The molecule has 5 heteroatoms. The van der Waals surface area contributed by atoms with Crippen LogP contribution in [0.25, 0.3) is 0 Å². The number of halogens is 1. The first-order valence-corrected chi connectivity index (χ1v) is 8.36. The zero-order valence-electron chi connectivity index (χ0n) is 10.4. The molecule has 0 aliphatic heterocycles. The summed E-state index contributed by atoms with van der Waals surface area (Å²) >= 11 is 3.35. The van der Waals surface area contributed by atoms with Crippen LogP contribution in [0.3, 0.4) is 0 Å². The van der Waals surface area contributed by atoms with Gasteiger partial charge in [0.25, 0.3) is 10.0 Å². The zero-order valence-corrected chi connectivity index (χ0v) is 12.8. The molecule has 0 bridgehead atoms. The van der Waals surface area contributed by atoms with Gasteiger partial charge in [0.15, 0.2) is 0 Å². The van der Waals surface area contributed by atoms with Gasteiger partial charge in [-0.25, -0.2) is 8.42 Å². The molecule has 0 unspecified atom stereocenters. The van der Waals surface area contributed by atoms with E-state index >= 15 is 0 Å². The van der Waals surface area contributed by atoms with Crippen molar-refractivity contribution in [2.45, 2.75) is 17.1 Å². The summed E-state index contributed by atoms with van der Waals surface area (Å²) in [5.41, 5.74) is 2.61. The molecule has 1 N–H and O–H groups in total. The van der Waals surface area contributed by atoms with Gasteiger partial charge in [-0.2, -0.15) is 0 Å². The van der Waals surface area contributed by atoms with Crippen molar-refractivity contribution < 1.29 is 8.42 Å². The molecule has 0 heterocycles. The second-order valence-electron chi connectivity index (χ2n) is 4.25. The van der Waals surface area contributed by atoms with E-state index < -0.39 is 10.0 Å². The van der Waals surface area contributed by atoms with Crippen LogP contribution in [0.4, 0.5) is 5.69 Å².